The van der Waals surface area contributed by atoms with E-state index < -0.39 is 6.04 Å². The minimum Gasteiger partial charge on any atom is -0.497 e. The van der Waals surface area contributed by atoms with Crippen molar-refractivity contribution < 1.29 is 13.9 Å². The van der Waals surface area contributed by atoms with E-state index >= 15 is 0 Å². The molecular weight excluding hydrogens is 416 g/mol. The number of benzene rings is 2. The quantitative estimate of drug-likeness (QED) is 0.500. The standard InChI is InChI=1S/C27H32N2O4/c1-6-28(7-2)13-8-14-29-24(19-9-11-20(32-5)12-10-19)23-25(30)21-15-17(3)18(4)16-22(21)33-26(23)27(29)31/h9-12,15-16,24H,6-8,13-14H2,1-5H3. The second-order valence-corrected chi connectivity index (χ2v) is 8.66. The van der Waals surface area contributed by atoms with Crippen LogP contribution in [-0.2, 0) is 0 Å². The molecule has 0 bridgehead atoms. The SMILES string of the molecule is CCN(CC)CCCN1C(=O)c2oc3cc(C)c(C)cc3c(=O)c2C1c1ccc(OC)cc1. The van der Waals surface area contributed by atoms with Crippen LogP contribution in [0.25, 0.3) is 11.0 Å². The molecule has 4 rings (SSSR count). The molecule has 1 aromatic heterocycles. The van der Waals surface area contributed by atoms with E-state index in [1.54, 1.807) is 12.0 Å². The smallest absolute Gasteiger partial charge is 0.290 e. The first kappa shape index (κ1) is 23.1. The Morgan fingerprint density at radius 3 is 2.33 bits per heavy atom. The molecule has 6 nitrogen and oxygen atoms in total. The van der Waals surface area contributed by atoms with Crippen molar-refractivity contribution in [3.63, 3.8) is 0 Å². The summed E-state index contributed by atoms with van der Waals surface area (Å²) in [5, 5.41) is 0.521. The largest absolute Gasteiger partial charge is 0.497 e. The van der Waals surface area contributed by atoms with Crippen molar-refractivity contribution in [1.82, 2.24) is 9.80 Å². The van der Waals surface area contributed by atoms with Gasteiger partial charge in [0.15, 0.2) is 5.43 Å². The number of carbonyl (C=O) groups is 1. The van der Waals surface area contributed by atoms with Crippen LogP contribution in [0.2, 0.25) is 0 Å². The number of aryl methyl sites for hydroxylation is 2. The third kappa shape index (κ3) is 4.15. The number of ether oxygens (including phenoxy) is 1. The van der Waals surface area contributed by atoms with Gasteiger partial charge in [0.05, 0.1) is 24.1 Å². The highest BCUT2D eigenvalue weighted by molar-refractivity contribution is 5.99. The number of methoxy groups -OCH3 is 1. The van der Waals surface area contributed by atoms with Gasteiger partial charge >= 0.3 is 0 Å². The first-order valence-electron chi connectivity index (χ1n) is 11.6. The average molecular weight is 449 g/mol. The van der Waals surface area contributed by atoms with Crippen molar-refractivity contribution in [3.8, 4) is 5.75 Å². The van der Waals surface area contributed by atoms with Gasteiger partial charge < -0.3 is 19.0 Å². The fourth-order valence-electron chi connectivity index (χ4n) is 4.64. The molecule has 2 aromatic carbocycles. The maximum atomic E-state index is 13.7. The Labute approximate surface area is 194 Å². The van der Waals surface area contributed by atoms with Gasteiger partial charge in [-0.25, -0.2) is 0 Å². The third-order valence-electron chi connectivity index (χ3n) is 6.78. The Hall–Kier alpha value is -3.12. The van der Waals surface area contributed by atoms with E-state index in [4.69, 9.17) is 9.15 Å². The summed E-state index contributed by atoms with van der Waals surface area (Å²) in [6, 6.07) is 10.8. The highest BCUT2D eigenvalue weighted by Gasteiger charge is 2.42. The maximum absolute atomic E-state index is 13.7. The summed E-state index contributed by atoms with van der Waals surface area (Å²) < 4.78 is 11.4. The number of nitrogens with zero attached hydrogens (tertiary/aromatic N) is 2. The zero-order valence-corrected chi connectivity index (χ0v) is 20.1. The number of hydrogen-bond acceptors (Lipinski definition) is 5. The van der Waals surface area contributed by atoms with E-state index in [0.29, 0.717) is 23.1 Å². The van der Waals surface area contributed by atoms with E-state index in [1.807, 2.05) is 50.2 Å². The van der Waals surface area contributed by atoms with Crippen LogP contribution >= 0.6 is 0 Å². The Bertz CT molecular complexity index is 1230. The molecule has 0 aliphatic carbocycles. The van der Waals surface area contributed by atoms with Crippen molar-refractivity contribution in [2.75, 3.05) is 33.3 Å². The lowest BCUT2D eigenvalue weighted by Gasteiger charge is -2.26. The molecule has 0 spiro atoms. The van der Waals surface area contributed by atoms with Gasteiger partial charge in [0.1, 0.15) is 11.3 Å². The lowest BCUT2D eigenvalue weighted by molar-refractivity contribution is 0.0720. The summed E-state index contributed by atoms with van der Waals surface area (Å²) >= 11 is 0. The molecule has 0 fully saturated rings. The lowest BCUT2D eigenvalue weighted by atomic mass is 9.97. The molecule has 1 aliphatic heterocycles. The van der Waals surface area contributed by atoms with E-state index in [0.717, 1.165) is 48.5 Å². The van der Waals surface area contributed by atoms with Crippen molar-refractivity contribution in [2.24, 2.45) is 0 Å². The van der Waals surface area contributed by atoms with Crippen molar-refractivity contribution in [3.05, 3.63) is 74.6 Å². The number of amides is 1. The monoisotopic (exact) mass is 448 g/mol. The minimum absolute atomic E-state index is 0.130. The Morgan fingerprint density at radius 1 is 1.03 bits per heavy atom. The fourth-order valence-corrected chi connectivity index (χ4v) is 4.64. The number of fused-ring (bicyclic) bond motifs is 2. The summed E-state index contributed by atoms with van der Waals surface area (Å²) in [5.74, 6) is 0.676. The van der Waals surface area contributed by atoms with Crippen molar-refractivity contribution in [2.45, 2.75) is 40.2 Å². The highest BCUT2D eigenvalue weighted by Crippen LogP contribution is 2.39. The van der Waals surface area contributed by atoms with Crippen LogP contribution in [0.4, 0.5) is 0 Å². The van der Waals surface area contributed by atoms with Crippen molar-refractivity contribution >= 4 is 16.9 Å². The maximum Gasteiger partial charge on any atom is 0.290 e. The Morgan fingerprint density at radius 2 is 1.70 bits per heavy atom. The molecule has 33 heavy (non-hydrogen) atoms. The molecule has 6 heteroatoms. The van der Waals surface area contributed by atoms with E-state index in [-0.39, 0.29) is 17.1 Å². The first-order valence-corrected chi connectivity index (χ1v) is 11.6. The molecule has 0 radical (unpaired) electrons. The van der Waals surface area contributed by atoms with Crippen LogP contribution in [0.1, 0.15) is 59.1 Å². The average Bonchev–Trinajstić information content (AvgIpc) is 3.10. The van der Waals surface area contributed by atoms with Crippen LogP contribution in [-0.4, -0.2) is 49.0 Å². The molecule has 1 atom stereocenters. The van der Waals surface area contributed by atoms with Crippen LogP contribution < -0.4 is 10.2 Å². The summed E-state index contributed by atoms with van der Waals surface area (Å²) in [4.78, 5) is 31.3. The van der Waals surface area contributed by atoms with Gasteiger partial charge in [-0.1, -0.05) is 26.0 Å². The fraction of sp³-hybridized carbons (Fsp3) is 0.407. The van der Waals surface area contributed by atoms with Crippen molar-refractivity contribution in [1.29, 1.82) is 0 Å². The molecule has 1 unspecified atom stereocenters. The molecule has 1 amide bonds. The molecule has 1 aliphatic rings. The van der Waals surface area contributed by atoms with Crippen LogP contribution in [0.15, 0.2) is 45.6 Å². The summed E-state index contributed by atoms with van der Waals surface area (Å²) in [6.07, 6.45) is 0.819. The van der Waals surface area contributed by atoms with Gasteiger partial charge in [-0.3, -0.25) is 9.59 Å². The molecular formula is C27H32N2O4. The van der Waals surface area contributed by atoms with Gasteiger partial charge in [-0.15, -0.1) is 0 Å². The molecule has 0 N–H and O–H groups in total. The van der Waals surface area contributed by atoms with Crippen LogP contribution in [0.3, 0.4) is 0 Å². The summed E-state index contributed by atoms with van der Waals surface area (Å²) in [6.45, 7) is 11.6. The van der Waals surface area contributed by atoms with Gasteiger partial charge in [-0.05, 0) is 80.9 Å². The molecule has 174 valence electrons. The number of hydrogen-bond donors (Lipinski definition) is 0. The zero-order chi connectivity index (χ0) is 23.7. The minimum atomic E-state index is -0.475. The second-order valence-electron chi connectivity index (χ2n) is 8.66. The normalized spacial score (nSPS) is 15.5. The summed E-state index contributed by atoms with van der Waals surface area (Å²) in [7, 11) is 1.62. The molecule has 0 saturated carbocycles. The van der Waals surface area contributed by atoms with Gasteiger partial charge in [-0.2, -0.15) is 0 Å². The lowest BCUT2D eigenvalue weighted by Crippen LogP contribution is -2.33. The predicted molar refractivity (Wildman–Crippen MR) is 130 cm³/mol. The number of carbonyl (C=O) groups excluding carboxylic acids is 1. The molecule has 0 saturated heterocycles. The van der Waals surface area contributed by atoms with Gasteiger partial charge in [0, 0.05) is 6.54 Å². The second kappa shape index (κ2) is 9.40. The molecule has 3 aromatic rings. The Kier molecular flexibility index (Phi) is 6.56. The summed E-state index contributed by atoms with van der Waals surface area (Å²) in [5.41, 5.74) is 3.70. The first-order chi connectivity index (χ1) is 15.9. The predicted octanol–water partition coefficient (Wildman–Crippen LogP) is 4.70. The van der Waals surface area contributed by atoms with Crippen LogP contribution in [0.5, 0.6) is 5.75 Å². The van der Waals surface area contributed by atoms with Gasteiger partial charge in [0.25, 0.3) is 5.91 Å². The highest BCUT2D eigenvalue weighted by atomic mass is 16.5. The number of rotatable bonds is 8. The van der Waals surface area contributed by atoms with Gasteiger partial charge in [0.2, 0.25) is 5.76 Å². The van der Waals surface area contributed by atoms with Crippen LogP contribution in [0, 0.1) is 13.8 Å². The Balaban J connectivity index is 1.82. The van der Waals surface area contributed by atoms with E-state index in [2.05, 4.69) is 18.7 Å². The molecule has 2 heterocycles. The third-order valence-corrected chi connectivity index (χ3v) is 6.78. The van der Waals surface area contributed by atoms with E-state index in [9.17, 15) is 9.59 Å². The zero-order valence-electron chi connectivity index (χ0n) is 20.1. The van der Waals surface area contributed by atoms with E-state index in [1.165, 1.54) is 0 Å². The topological polar surface area (TPSA) is 63.0 Å².